The summed E-state index contributed by atoms with van der Waals surface area (Å²) in [6.45, 7) is 3.39. The molecule has 0 aromatic heterocycles. The van der Waals surface area contributed by atoms with Gasteiger partial charge in [-0.15, -0.1) is 0 Å². The third kappa shape index (κ3) is 3.55. The third-order valence-corrected chi connectivity index (χ3v) is 3.33. The summed E-state index contributed by atoms with van der Waals surface area (Å²) in [5, 5.41) is 14.1. The van der Waals surface area contributed by atoms with Crippen molar-refractivity contribution < 1.29 is 24.2 Å². The van der Waals surface area contributed by atoms with Gasteiger partial charge in [0.2, 0.25) is 5.91 Å². The number of benzene rings is 1. The number of para-hydroxylation sites is 2. The highest BCUT2D eigenvalue weighted by atomic mass is 16.5. The molecule has 3 N–H and O–H groups in total. The Bertz CT molecular complexity index is 599. The van der Waals surface area contributed by atoms with Gasteiger partial charge in [-0.05, 0) is 18.1 Å². The molecule has 1 heterocycles. The van der Waals surface area contributed by atoms with Crippen molar-refractivity contribution in [3.05, 3.63) is 24.3 Å². The van der Waals surface area contributed by atoms with Crippen LogP contribution in [0, 0.1) is 5.92 Å². The molecule has 0 spiro atoms. The normalized spacial score (nSPS) is 18.0. The fraction of sp³-hybridized carbons (Fsp3) is 0.400. The third-order valence-electron chi connectivity index (χ3n) is 3.33. The molecule has 1 aromatic rings. The number of amides is 2. The average molecular weight is 306 g/mol. The molecule has 2 amide bonds. The van der Waals surface area contributed by atoms with Crippen molar-refractivity contribution in [1.82, 2.24) is 5.32 Å². The summed E-state index contributed by atoms with van der Waals surface area (Å²) in [5.41, 5.74) is 0.551. The Morgan fingerprint density at radius 2 is 2.05 bits per heavy atom. The molecule has 0 aliphatic carbocycles. The molecule has 1 unspecified atom stereocenters. The van der Waals surface area contributed by atoms with Crippen LogP contribution in [-0.4, -0.2) is 35.0 Å². The van der Waals surface area contributed by atoms with Crippen molar-refractivity contribution in [3.8, 4) is 5.75 Å². The number of hydrogen-bond acceptors (Lipinski definition) is 4. The number of ether oxygens (including phenoxy) is 1. The van der Waals surface area contributed by atoms with Crippen molar-refractivity contribution in [1.29, 1.82) is 0 Å². The lowest BCUT2D eigenvalue weighted by Crippen LogP contribution is -2.47. The molecule has 7 nitrogen and oxygen atoms in total. The first-order valence-electron chi connectivity index (χ1n) is 6.97. The van der Waals surface area contributed by atoms with Crippen LogP contribution in [-0.2, 0) is 14.4 Å². The van der Waals surface area contributed by atoms with Crippen molar-refractivity contribution >= 4 is 23.5 Å². The summed E-state index contributed by atoms with van der Waals surface area (Å²) in [6, 6.07) is 5.91. The molecule has 1 aliphatic rings. The fourth-order valence-corrected chi connectivity index (χ4v) is 2.14. The molecular formula is C15H18N2O5. The number of nitrogens with one attached hydrogen (secondary N) is 2. The lowest BCUT2D eigenvalue weighted by Gasteiger charge is -2.26. The predicted molar refractivity (Wildman–Crippen MR) is 78.5 cm³/mol. The number of carboxylic acid groups (broad SMARTS) is 1. The standard InChI is InChI=1S/C15H18N2O5/c1-8(2)13(15(20)21)17-12(18)7-11-14(19)16-9-5-3-4-6-10(9)22-11/h3-6,8,11,13H,7H2,1-2H3,(H,16,19)(H,17,18)(H,20,21)/t11?,13-/m1/s1. The van der Waals surface area contributed by atoms with E-state index >= 15 is 0 Å². The Morgan fingerprint density at radius 1 is 1.36 bits per heavy atom. The maximum absolute atomic E-state index is 12.0. The summed E-state index contributed by atoms with van der Waals surface area (Å²) in [5.74, 6) is -1.85. The molecule has 0 bridgehead atoms. The summed E-state index contributed by atoms with van der Waals surface area (Å²) in [4.78, 5) is 34.9. The van der Waals surface area contributed by atoms with E-state index < -0.39 is 29.9 Å². The zero-order valence-corrected chi connectivity index (χ0v) is 12.3. The van der Waals surface area contributed by atoms with E-state index in [0.717, 1.165) is 0 Å². The van der Waals surface area contributed by atoms with Crippen molar-refractivity contribution in [2.24, 2.45) is 5.92 Å². The quantitative estimate of drug-likeness (QED) is 0.753. The monoisotopic (exact) mass is 306 g/mol. The van der Waals surface area contributed by atoms with E-state index in [4.69, 9.17) is 9.84 Å². The molecule has 1 aromatic carbocycles. The topological polar surface area (TPSA) is 105 Å². The molecule has 22 heavy (non-hydrogen) atoms. The van der Waals surface area contributed by atoms with Crippen molar-refractivity contribution in [2.75, 3.05) is 5.32 Å². The van der Waals surface area contributed by atoms with Crippen LogP contribution in [0.5, 0.6) is 5.75 Å². The number of carboxylic acids is 1. The van der Waals surface area contributed by atoms with Gasteiger partial charge in [-0.25, -0.2) is 4.79 Å². The Hall–Kier alpha value is -2.57. The smallest absolute Gasteiger partial charge is 0.326 e. The van der Waals surface area contributed by atoms with Crippen LogP contribution in [0.1, 0.15) is 20.3 Å². The average Bonchev–Trinajstić information content (AvgIpc) is 2.45. The molecule has 1 aliphatic heterocycles. The highest BCUT2D eigenvalue weighted by Crippen LogP contribution is 2.29. The lowest BCUT2D eigenvalue weighted by atomic mass is 10.0. The number of aliphatic carboxylic acids is 1. The van der Waals surface area contributed by atoms with Gasteiger partial charge in [0.15, 0.2) is 6.10 Å². The van der Waals surface area contributed by atoms with E-state index in [1.54, 1.807) is 38.1 Å². The van der Waals surface area contributed by atoms with Gasteiger partial charge in [-0.2, -0.15) is 0 Å². The Morgan fingerprint density at radius 3 is 2.68 bits per heavy atom. The highest BCUT2D eigenvalue weighted by molar-refractivity contribution is 6.00. The second-order valence-electron chi connectivity index (χ2n) is 5.42. The minimum absolute atomic E-state index is 0.239. The zero-order chi connectivity index (χ0) is 16.3. The van der Waals surface area contributed by atoms with E-state index in [-0.39, 0.29) is 12.3 Å². The van der Waals surface area contributed by atoms with E-state index in [1.807, 2.05) is 0 Å². The van der Waals surface area contributed by atoms with E-state index in [9.17, 15) is 14.4 Å². The van der Waals surface area contributed by atoms with Crippen molar-refractivity contribution in [3.63, 3.8) is 0 Å². The molecule has 2 rings (SSSR count). The number of hydrogen-bond donors (Lipinski definition) is 3. The van der Waals surface area contributed by atoms with Gasteiger partial charge < -0.3 is 20.5 Å². The minimum Gasteiger partial charge on any atom is -0.480 e. The second-order valence-corrected chi connectivity index (χ2v) is 5.42. The maximum Gasteiger partial charge on any atom is 0.326 e. The summed E-state index contributed by atoms with van der Waals surface area (Å²) in [6.07, 6.45) is -1.21. The van der Waals surface area contributed by atoms with Crippen LogP contribution in [0.2, 0.25) is 0 Å². The van der Waals surface area contributed by atoms with Gasteiger partial charge >= 0.3 is 5.97 Å². The molecule has 118 valence electrons. The van der Waals surface area contributed by atoms with Gasteiger partial charge in [0.1, 0.15) is 11.8 Å². The van der Waals surface area contributed by atoms with Crippen LogP contribution in [0.15, 0.2) is 24.3 Å². The largest absolute Gasteiger partial charge is 0.480 e. The molecular weight excluding hydrogens is 288 g/mol. The summed E-state index contributed by atoms with van der Waals surface area (Å²) in [7, 11) is 0. The van der Waals surface area contributed by atoms with Crippen LogP contribution >= 0.6 is 0 Å². The Labute approximate surface area is 127 Å². The first kappa shape index (κ1) is 15.8. The highest BCUT2D eigenvalue weighted by Gasteiger charge is 2.31. The number of rotatable bonds is 5. The van der Waals surface area contributed by atoms with Gasteiger partial charge in [0, 0.05) is 0 Å². The fourth-order valence-electron chi connectivity index (χ4n) is 2.14. The number of anilines is 1. The Kier molecular flexibility index (Phi) is 4.65. The molecule has 0 fully saturated rings. The summed E-state index contributed by atoms with van der Waals surface area (Å²) < 4.78 is 5.50. The van der Waals surface area contributed by atoms with Crippen LogP contribution < -0.4 is 15.4 Å². The van der Waals surface area contributed by atoms with E-state index in [1.165, 1.54) is 0 Å². The molecule has 0 saturated heterocycles. The maximum atomic E-state index is 12.0. The first-order chi connectivity index (χ1) is 10.4. The SMILES string of the molecule is CC(C)[C@@H](NC(=O)CC1Oc2ccccc2NC1=O)C(=O)O. The summed E-state index contributed by atoms with van der Waals surface area (Å²) >= 11 is 0. The molecule has 0 saturated carbocycles. The van der Waals surface area contributed by atoms with Gasteiger partial charge in [-0.3, -0.25) is 9.59 Å². The van der Waals surface area contributed by atoms with Crippen LogP contribution in [0.3, 0.4) is 0 Å². The number of fused-ring (bicyclic) bond motifs is 1. The van der Waals surface area contributed by atoms with Gasteiger partial charge in [0.25, 0.3) is 5.91 Å². The molecule has 0 radical (unpaired) electrons. The second kappa shape index (κ2) is 6.46. The van der Waals surface area contributed by atoms with E-state index in [0.29, 0.717) is 11.4 Å². The van der Waals surface area contributed by atoms with Crippen molar-refractivity contribution in [2.45, 2.75) is 32.4 Å². The first-order valence-corrected chi connectivity index (χ1v) is 6.97. The number of carbonyl (C=O) groups excluding carboxylic acids is 2. The van der Waals surface area contributed by atoms with Gasteiger partial charge in [-0.1, -0.05) is 26.0 Å². The predicted octanol–water partition coefficient (Wildman–Crippen LogP) is 1.00. The van der Waals surface area contributed by atoms with Crippen LogP contribution in [0.25, 0.3) is 0 Å². The molecule has 7 heteroatoms. The van der Waals surface area contributed by atoms with Gasteiger partial charge in [0.05, 0.1) is 12.1 Å². The number of carbonyl (C=O) groups is 3. The minimum atomic E-state index is -1.11. The zero-order valence-electron chi connectivity index (χ0n) is 12.3. The van der Waals surface area contributed by atoms with E-state index in [2.05, 4.69) is 10.6 Å². The molecule has 2 atom stereocenters. The van der Waals surface area contributed by atoms with Crippen LogP contribution in [0.4, 0.5) is 5.69 Å². The Balaban J connectivity index is 2.00. The lowest BCUT2D eigenvalue weighted by molar-refractivity contribution is -0.143.